The molecule has 1 aromatic rings. The third-order valence-corrected chi connectivity index (χ3v) is 2.16. The zero-order valence-electron chi connectivity index (χ0n) is 9.50. The average Bonchev–Trinajstić information content (AvgIpc) is 2.22. The Hall–Kier alpha value is -1.91. The van der Waals surface area contributed by atoms with Crippen molar-refractivity contribution < 1.29 is 19.1 Å². The summed E-state index contributed by atoms with van der Waals surface area (Å²) in [4.78, 5) is 21.7. The van der Waals surface area contributed by atoms with Crippen molar-refractivity contribution in [1.29, 1.82) is 0 Å². The van der Waals surface area contributed by atoms with Crippen molar-refractivity contribution in [1.82, 2.24) is 0 Å². The summed E-state index contributed by atoms with van der Waals surface area (Å²) >= 11 is 0. The van der Waals surface area contributed by atoms with Crippen LogP contribution >= 0.6 is 0 Å². The molecular weight excluding hydrogens is 225 g/mol. The lowest BCUT2D eigenvalue weighted by atomic mass is 10.1. The Morgan fingerprint density at radius 3 is 2.65 bits per heavy atom. The monoisotopic (exact) mass is 239 g/mol. The van der Waals surface area contributed by atoms with E-state index in [2.05, 4.69) is 5.32 Å². The molecule has 0 atom stereocenters. The number of benzene rings is 1. The van der Waals surface area contributed by atoms with Crippen molar-refractivity contribution in [3.8, 4) is 0 Å². The minimum atomic E-state index is -1.09. The van der Waals surface area contributed by atoms with E-state index in [1.165, 1.54) is 12.1 Å². The Morgan fingerprint density at radius 1 is 1.41 bits per heavy atom. The summed E-state index contributed by atoms with van der Waals surface area (Å²) in [6, 6.07) is 3.99. The van der Waals surface area contributed by atoms with Gasteiger partial charge in [0.05, 0.1) is 6.42 Å². The largest absolute Gasteiger partial charge is 0.481 e. The summed E-state index contributed by atoms with van der Waals surface area (Å²) in [6.45, 7) is 1.87. The van der Waals surface area contributed by atoms with E-state index in [9.17, 15) is 14.0 Å². The summed E-state index contributed by atoms with van der Waals surface area (Å²) in [5, 5.41) is 11.1. The standard InChI is InChI=1S/C12H14FNO3/c1-2-3-11(15)14-9-5-4-8(6-12(16)17)10(13)7-9/h4-5,7H,2-3,6H2,1H3,(H,14,15)(H,16,17). The van der Waals surface area contributed by atoms with E-state index >= 15 is 0 Å². The van der Waals surface area contributed by atoms with E-state index in [1.54, 1.807) is 0 Å². The zero-order valence-corrected chi connectivity index (χ0v) is 9.50. The predicted octanol–water partition coefficient (Wildman–Crippen LogP) is 2.19. The van der Waals surface area contributed by atoms with Crippen LogP contribution in [0.25, 0.3) is 0 Å². The molecule has 5 heteroatoms. The van der Waals surface area contributed by atoms with E-state index in [0.717, 1.165) is 6.07 Å². The second-order valence-electron chi connectivity index (χ2n) is 3.67. The number of anilines is 1. The number of carboxylic acid groups (broad SMARTS) is 1. The number of carboxylic acids is 1. The molecule has 0 fully saturated rings. The highest BCUT2D eigenvalue weighted by Crippen LogP contribution is 2.15. The molecule has 1 rings (SSSR count). The number of hydrogen-bond acceptors (Lipinski definition) is 2. The molecule has 0 aliphatic heterocycles. The van der Waals surface area contributed by atoms with E-state index in [1.807, 2.05) is 6.92 Å². The van der Waals surface area contributed by atoms with Crippen molar-refractivity contribution >= 4 is 17.6 Å². The summed E-state index contributed by atoms with van der Waals surface area (Å²) in [7, 11) is 0. The highest BCUT2D eigenvalue weighted by Gasteiger charge is 2.08. The topological polar surface area (TPSA) is 66.4 Å². The highest BCUT2D eigenvalue weighted by atomic mass is 19.1. The zero-order chi connectivity index (χ0) is 12.8. The minimum Gasteiger partial charge on any atom is -0.481 e. The van der Waals surface area contributed by atoms with E-state index in [0.29, 0.717) is 18.5 Å². The fraction of sp³-hybridized carbons (Fsp3) is 0.333. The summed E-state index contributed by atoms with van der Waals surface area (Å²) < 4.78 is 13.4. The van der Waals surface area contributed by atoms with Gasteiger partial charge >= 0.3 is 5.97 Å². The summed E-state index contributed by atoms with van der Waals surface area (Å²) in [6.07, 6.45) is 0.721. The van der Waals surface area contributed by atoms with Crippen molar-refractivity contribution in [3.05, 3.63) is 29.6 Å². The molecule has 4 nitrogen and oxygen atoms in total. The molecule has 0 radical (unpaired) electrons. The fourth-order valence-electron chi connectivity index (χ4n) is 1.38. The Balaban J connectivity index is 2.74. The van der Waals surface area contributed by atoms with Gasteiger partial charge in [0, 0.05) is 12.1 Å². The number of aliphatic carboxylic acids is 1. The van der Waals surface area contributed by atoms with Gasteiger partial charge in [0.2, 0.25) is 5.91 Å². The predicted molar refractivity (Wildman–Crippen MR) is 61.3 cm³/mol. The van der Waals surface area contributed by atoms with Gasteiger partial charge in [0.1, 0.15) is 5.82 Å². The number of carbonyl (C=O) groups excluding carboxylic acids is 1. The van der Waals surface area contributed by atoms with Gasteiger partial charge in [-0.15, -0.1) is 0 Å². The van der Waals surface area contributed by atoms with Crippen LogP contribution < -0.4 is 5.32 Å². The first-order chi connectivity index (χ1) is 8.02. The molecule has 0 aromatic heterocycles. The molecule has 0 heterocycles. The van der Waals surface area contributed by atoms with Gasteiger partial charge in [-0.05, 0) is 24.1 Å². The summed E-state index contributed by atoms with van der Waals surface area (Å²) in [5.41, 5.74) is 0.445. The molecule has 0 bridgehead atoms. The van der Waals surface area contributed by atoms with Crippen LogP contribution in [0.4, 0.5) is 10.1 Å². The molecule has 92 valence electrons. The van der Waals surface area contributed by atoms with Crippen LogP contribution in [0, 0.1) is 5.82 Å². The van der Waals surface area contributed by atoms with E-state index in [4.69, 9.17) is 5.11 Å². The third-order valence-electron chi connectivity index (χ3n) is 2.16. The maximum Gasteiger partial charge on any atom is 0.307 e. The first kappa shape index (κ1) is 13.2. The number of halogens is 1. The van der Waals surface area contributed by atoms with Crippen LogP contribution in [-0.4, -0.2) is 17.0 Å². The SMILES string of the molecule is CCCC(=O)Nc1ccc(CC(=O)O)c(F)c1. The van der Waals surface area contributed by atoms with Crippen LogP contribution in [0.3, 0.4) is 0 Å². The van der Waals surface area contributed by atoms with Gasteiger partial charge in [-0.3, -0.25) is 9.59 Å². The van der Waals surface area contributed by atoms with Gasteiger partial charge in [-0.2, -0.15) is 0 Å². The highest BCUT2D eigenvalue weighted by molar-refractivity contribution is 5.90. The Kier molecular flexibility index (Phi) is 4.63. The first-order valence-corrected chi connectivity index (χ1v) is 5.33. The average molecular weight is 239 g/mol. The number of carbonyl (C=O) groups is 2. The molecule has 0 aliphatic carbocycles. The maximum atomic E-state index is 13.4. The number of hydrogen-bond donors (Lipinski definition) is 2. The lowest BCUT2D eigenvalue weighted by Crippen LogP contribution is -2.11. The Bertz CT molecular complexity index is 432. The number of nitrogens with one attached hydrogen (secondary N) is 1. The number of rotatable bonds is 5. The van der Waals surface area contributed by atoms with E-state index in [-0.39, 0.29) is 17.9 Å². The minimum absolute atomic E-state index is 0.103. The van der Waals surface area contributed by atoms with Gasteiger partial charge in [-0.25, -0.2) is 4.39 Å². The number of amides is 1. The fourth-order valence-corrected chi connectivity index (χ4v) is 1.38. The van der Waals surface area contributed by atoms with Crippen molar-refractivity contribution in [2.45, 2.75) is 26.2 Å². The van der Waals surface area contributed by atoms with Crippen LogP contribution in [0.5, 0.6) is 0 Å². The molecule has 0 spiro atoms. The molecule has 0 unspecified atom stereocenters. The molecule has 1 amide bonds. The molecule has 0 saturated heterocycles. The maximum absolute atomic E-state index is 13.4. The van der Waals surface area contributed by atoms with Gasteiger partial charge in [-0.1, -0.05) is 13.0 Å². The van der Waals surface area contributed by atoms with Gasteiger partial charge in [0.15, 0.2) is 0 Å². The summed E-state index contributed by atoms with van der Waals surface area (Å²) in [5.74, 6) is -1.90. The second kappa shape index (κ2) is 5.98. The molecule has 0 aliphatic rings. The normalized spacial score (nSPS) is 10.0. The lowest BCUT2D eigenvalue weighted by molar-refractivity contribution is -0.136. The van der Waals surface area contributed by atoms with E-state index < -0.39 is 11.8 Å². The van der Waals surface area contributed by atoms with Gasteiger partial charge < -0.3 is 10.4 Å². The molecule has 1 aromatic carbocycles. The quantitative estimate of drug-likeness (QED) is 0.827. The van der Waals surface area contributed by atoms with Crippen molar-refractivity contribution in [3.63, 3.8) is 0 Å². The van der Waals surface area contributed by atoms with Crippen LogP contribution in [0.15, 0.2) is 18.2 Å². The Morgan fingerprint density at radius 2 is 2.12 bits per heavy atom. The molecule has 0 saturated carbocycles. The van der Waals surface area contributed by atoms with Crippen molar-refractivity contribution in [2.75, 3.05) is 5.32 Å². The van der Waals surface area contributed by atoms with Crippen molar-refractivity contribution in [2.24, 2.45) is 0 Å². The second-order valence-corrected chi connectivity index (χ2v) is 3.67. The molecular formula is C12H14FNO3. The molecule has 2 N–H and O–H groups in total. The lowest BCUT2D eigenvalue weighted by Gasteiger charge is -2.06. The Labute approximate surface area is 98.5 Å². The smallest absolute Gasteiger partial charge is 0.307 e. The first-order valence-electron chi connectivity index (χ1n) is 5.33. The van der Waals surface area contributed by atoms with Gasteiger partial charge in [0.25, 0.3) is 0 Å². The van der Waals surface area contributed by atoms with Crippen LogP contribution in [-0.2, 0) is 16.0 Å². The van der Waals surface area contributed by atoms with Crippen LogP contribution in [0.2, 0.25) is 0 Å². The molecule has 17 heavy (non-hydrogen) atoms. The van der Waals surface area contributed by atoms with Crippen LogP contribution in [0.1, 0.15) is 25.3 Å². The third kappa shape index (κ3) is 4.22.